The van der Waals surface area contributed by atoms with E-state index in [-0.39, 0.29) is 11.3 Å². The Labute approximate surface area is 110 Å². The zero-order valence-corrected chi connectivity index (χ0v) is 11.8. The van der Waals surface area contributed by atoms with Gasteiger partial charge in [0.2, 0.25) is 0 Å². The molecule has 0 fully saturated rings. The van der Waals surface area contributed by atoms with E-state index in [1.165, 1.54) is 16.4 Å². The molecule has 2 atom stereocenters. The Bertz CT molecular complexity index is 497. The second-order valence-electron chi connectivity index (χ2n) is 4.22. The maximum Gasteiger partial charge on any atom is 0.339 e. The van der Waals surface area contributed by atoms with Gasteiger partial charge in [0.15, 0.2) is 5.16 Å². The third-order valence-corrected chi connectivity index (χ3v) is 4.27. The molecule has 0 aliphatic rings. The molecule has 0 aliphatic carbocycles. The van der Waals surface area contributed by atoms with Crippen molar-refractivity contribution in [3.05, 3.63) is 20.7 Å². The van der Waals surface area contributed by atoms with Crippen molar-refractivity contribution in [3.8, 4) is 0 Å². The van der Waals surface area contributed by atoms with Crippen LogP contribution >= 0.6 is 11.8 Å². The summed E-state index contributed by atoms with van der Waals surface area (Å²) in [5.41, 5.74) is 4.64. The summed E-state index contributed by atoms with van der Waals surface area (Å²) in [6, 6.07) is 0.0637. The second-order valence-corrected chi connectivity index (χ2v) is 5.42. The minimum absolute atomic E-state index is 0.0637. The molecule has 0 saturated heterocycles. The average Bonchev–Trinajstić information content (AvgIpc) is 2.32. The summed E-state index contributed by atoms with van der Waals surface area (Å²) in [6.45, 7) is 4.14. The highest BCUT2D eigenvalue weighted by Gasteiger charge is 2.19. The highest BCUT2D eigenvalue weighted by molar-refractivity contribution is 7.99. The zero-order chi connectivity index (χ0) is 13.7. The van der Waals surface area contributed by atoms with Crippen molar-refractivity contribution in [3.63, 3.8) is 0 Å². The molecule has 6 nitrogen and oxygen atoms in total. The lowest BCUT2D eigenvalue weighted by molar-refractivity contribution is 0.555. The van der Waals surface area contributed by atoms with Gasteiger partial charge in [-0.25, -0.2) is 0 Å². The molecule has 0 aromatic carbocycles. The molecule has 1 aromatic rings. The van der Waals surface area contributed by atoms with Crippen molar-refractivity contribution in [1.82, 2.24) is 14.8 Å². The lowest BCUT2D eigenvalue weighted by Gasteiger charge is -2.21. The Morgan fingerprint density at radius 1 is 1.44 bits per heavy atom. The first-order chi connectivity index (χ1) is 8.49. The van der Waals surface area contributed by atoms with E-state index in [4.69, 9.17) is 5.73 Å². The Kier molecular flexibility index (Phi) is 5.61. The first-order valence-corrected chi connectivity index (χ1v) is 6.97. The molecule has 1 aromatic heterocycles. The molecule has 0 amide bonds. The number of nitrogens with one attached hydrogen (secondary N) is 1. The normalized spacial score (nSPS) is 14.4. The second kappa shape index (κ2) is 6.75. The number of thioether (sulfide) groups is 1. The molecule has 7 heteroatoms. The number of nitrogens with two attached hydrogens (primary N) is 1. The van der Waals surface area contributed by atoms with E-state index in [9.17, 15) is 9.59 Å². The number of hydrogen-bond donors (Lipinski definition) is 2. The molecular formula is C11H20N4O2S. The largest absolute Gasteiger partial charge is 0.339 e. The molecule has 3 N–H and O–H groups in total. The van der Waals surface area contributed by atoms with Gasteiger partial charge in [-0.1, -0.05) is 32.0 Å². The average molecular weight is 272 g/mol. The van der Waals surface area contributed by atoms with Crippen molar-refractivity contribution in [2.45, 2.75) is 49.6 Å². The summed E-state index contributed by atoms with van der Waals surface area (Å²) in [6.07, 6.45) is 2.85. The molecule has 2 unspecified atom stereocenters. The van der Waals surface area contributed by atoms with Crippen LogP contribution in [0.5, 0.6) is 0 Å². The lowest BCUT2D eigenvalue weighted by Crippen LogP contribution is -2.36. The molecule has 0 spiro atoms. The highest BCUT2D eigenvalue weighted by Crippen LogP contribution is 2.25. The van der Waals surface area contributed by atoms with Crippen molar-refractivity contribution >= 4 is 11.8 Å². The van der Waals surface area contributed by atoms with Crippen LogP contribution < -0.4 is 16.9 Å². The first-order valence-electron chi connectivity index (χ1n) is 6.09. The molecule has 1 rings (SSSR count). The third kappa shape index (κ3) is 3.71. The number of aromatic amines is 1. The van der Waals surface area contributed by atoms with Gasteiger partial charge in [-0.05, 0) is 12.8 Å². The predicted molar refractivity (Wildman–Crippen MR) is 72.9 cm³/mol. The fraction of sp³-hybridized carbons (Fsp3) is 0.727. The molecule has 18 heavy (non-hydrogen) atoms. The van der Waals surface area contributed by atoms with E-state index in [0.717, 1.165) is 19.3 Å². The third-order valence-electron chi connectivity index (χ3n) is 2.71. The predicted octanol–water partition coefficient (Wildman–Crippen LogP) is 0.467. The fourth-order valence-corrected chi connectivity index (χ4v) is 2.78. The summed E-state index contributed by atoms with van der Waals surface area (Å²) in [5, 5.41) is 3.12. The van der Waals surface area contributed by atoms with Crippen LogP contribution in [0.15, 0.2) is 14.7 Å². The molecule has 0 bridgehead atoms. The van der Waals surface area contributed by atoms with Gasteiger partial charge in [-0.15, -0.1) is 0 Å². The highest BCUT2D eigenvalue weighted by atomic mass is 32.2. The van der Waals surface area contributed by atoms with Gasteiger partial charge < -0.3 is 5.73 Å². The van der Waals surface area contributed by atoms with Crippen LogP contribution in [-0.4, -0.2) is 26.1 Å². The Morgan fingerprint density at radius 2 is 2.11 bits per heavy atom. The number of hydrogen-bond acceptors (Lipinski definition) is 5. The number of nitrogens with zero attached hydrogens (tertiary/aromatic N) is 2. The zero-order valence-electron chi connectivity index (χ0n) is 11.0. The van der Waals surface area contributed by atoms with Gasteiger partial charge in [0, 0.05) is 18.3 Å². The van der Waals surface area contributed by atoms with E-state index in [0.29, 0.717) is 5.16 Å². The first kappa shape index (κ1) is 15.0. The molecule has 1 heterocycles. The van der Waals surface area contributed by atoms with E-state index in [2.05, 4.69) is 23.9 Å². The van der Waals surface area contributed by atoms with Crippen molar-refractivity contribution in [1.29, 1.82) is 0 Å². The van der Waals surface area contributed by atoms with Crippen LogP contribution in [0.3, 0.4) is 0 Å². The van der Waals surface area contributed by atoms with E-state index in [1.807, 2.05) is 0 Å². The summed E-state index contributed by atoms with van der Waals surface area (Å²) in [4.78, 5) is 26.1. The number of H-pyrrole nitrogens is 1. The SMILES string of the molecule is CCCC(N)C(CC)Sc1nc(=O)c(=O)[nH]n1C. The van der Waals surface area contributed by atoms with Gasteiger partial charge in [0.25, 0.3) is 0 Å². The van der Waals surface area contributed by atoms with E-state index < -0.39 is 11.1 Å². The standard InChI is InChI=1S/C11H20N4O2S/c1-4-6-7(12)8(5-2)18-11-13-9(16)10(17)14-15(11)3/h7-8H,4-6,12H2,1-3H3,(H,14,17). The summed E-state index contributed by atoms with van der Waals surface area (Å²) in [7, 11) is 1.66. The Morgan fingerprint density at radius 3 is 2.67 bits per heavy atom. The summed E-state index contributed by atoms with van der Waals surface area (Å²) >= 11 is 1.44. The minimum Gasteiger partial charge on any atom is -0.327 e. The van der Waals surface area contributed by atoms with Crippen molar-refractivity contribution < 1.29 is 0 Å². The van der Waals surface area contributed by atoms with Gasteiger partial charge >= 0.3 is 11.1 Å². The van der Waals surface area contributed by atoms with Crippen LogP contribution in [-0.2, 0) is 7.05 Å². The van der Waals surface area contributed by atoms with Gasteiger partial charge in [-0.2, -0.15) is 4.98 Å². The van der Waals surface area contributed by atoms with E-state index in [1.54, 1.807) is 7.05 Å². The molecule has 0 saturated carbocycles. The Balaban J connectivity index is 2.91. The fourth-order valence-electron chi connectivity index (χ4n) is 1.69. The van der Waals surface area contributed by atoms with Gasteiger partial charge in [0.05, 0.1) is 0 Å². The van der Waals surface area contributed by atoms with Gasteiger partial charge in [0.1, 0.15) is 0 Å². The van der Waals surface area contributed by atoms with Crippen molar-refractivity contribution in [2.24, 2.45) is 12.8 Å². The molecule has 0 radical (unpaired) electrons. The topological polar surface area (TPSA) is 93.8 Å². The lowest BCUT2D eigenvalue weighted by atomic mass is 10.1. The number of aromatic nitrogens is 3. The molecule has 0 aliphatic heterocycles. The van der Waals surface area contributed by atoms with E-state index >= 15 is 0 Å². The summed E-state index contributed by atoms with van der Waals surface area (Å²) < 4.78 is 1.47. The van der Waals surface area contributed by atoms with Crippen LogP contribution in [0.25, 0.3) is 0 Å². The number of rotatable bonds is 6. The summed E-state index contributed by atoms with van der Waals surface area (Å²) in [5.74, 6) is 0. The maximum absolute atomic E-state index is 11.2. The molecular weight excluding hydrogens is 252 g/mol. The van der Waals surface area contributed by atoms with Crippen molar-refractivity contribution in [2.75, 3.05) is 0 Å². The van der Waals surface area contributed by atoms with Crippen LogP contribution in [0, 0.1) is 0 Å². The maximum atomic E-state index is 11.2. The quantitative estimate of drug-likeness (QED) is 0.580. The van der Waals surface area contributed by atoms with Gasteiger partial charge in [-0.3, -0.25) is 19.4 Å². The Hall–Kier alpha value is -1.08. The number of aryl methyl sites for hydroxylation is 1. The monoisotopic (exact) mass is 272 g/mol. The van der Waals surface area contributed by atoms with Crippen LogP contribution in [0.2, 0.25) is 0 Å². The smallest absolute Gasteiger partial charge is 0.327 e. The van der Waals surface area contributed by atoms with Crippen LogP contribution in [0.4, 0.5) is 0 Å². The molecule has 102 valence electrons. The minimum atomic E-state index is -0.755. The van der Waals surface area contributed by atoms with Crippen LogP contribution in [0.1, 0.15) is 33.1 Å².